The highest BCUT2D eigenvalue weighted by Gasteiger charge is 2.62. The number of benzene rings is 4. The van der Waals surface area contributed by atoms with Crippen LogP contribution in [0.3, 0.4) is 0 Å². The summed E-state index contributed by atoms with van der Waals surface area (Å²) in [5.74, 6) is 9.15. The number of rotatable bonds is 9. The lowest BCUT2D eigenvalue weighted by atomic mass is 9.41. The molecule has 12 aliphatic rings. The Morgan fingerprint density at radius 1 is 0.364 bits per heavy atom. The Morgan fingerprint density at radius 2 is 0.606 bits per heavy atom. The second-order valence-electron chi connectivity index (χ2n) is 23.6. The number of nitriles is 3. The second kappa shape index (κ2) is 14.6. The standard InChI is InChI=1S/C57H60N6O3/c58-28-31-1-4-46(43(61)16-31)64-52-50(56-22-37-10-38(23-56)12-39(11-37)24-56)49(55-19-34-7-35(20-55)9-36(8-34)21-55)51(57-25-40-13-41(26-57)15-42(14-40)27-57)53(65-47-5-2-32(29-59)17-44(47)62)54(52)66-48-6-3-33(30-60)18-45(48)63/h1-6,16-18,34-42H,7-15,19-27,61-63H2. The first-order chi connectivity index (χ1) is 32.0. The zero-order valence-electron chi connectivity index (χ0n) is 37.9. The first-order valence-electron chi connectivity index (χ1n) is 25.2. The van der Waals surface area contributed by atoms with E-state index in [1.807, 2.05) is 12.1 Å². The van der Waals surface area contributed by atoms with Crippen LogP contribution < -0.4 is 31.4 Å². The number of hydrogen-bond donors (Lipinski definition) is 3. The maximum Gasteiger partial charge on any atom is 0.213 e. The lowest BCUT2D eigenvalue weighted by Gasteiger charge is -2.63. The van der Waals surface area contributed by atoms with Crippen molar-refractivity contribution in [3.8, 4) is 52.7 Å². The zero-order chi connectivity index (χ0) is 44.7. The average Bonchev–Trinajstić information content (AvgIpc) is 3.27. The van der Waals surface area contributed by atoms with Crippen LogP contribution in [0.4, 0.5) is 17.1 Å². The van der Waals surface area contributed by atoms with Gasteiger partial charge in [-0.1, -0.05) is 0 Å². The molecule has 0 aromatic heterocycles. The Morgan fingerprint density at radius 3 is 0.848 bits per heavy atom. The average molecular weight is 877 g/mol. The fraction of sp³-hybridized carbons (Fsp3) is 0.526. The van der Waals surface area contributed by atoms with Gasteiger partial charge < -0.3 is 31.4 Å². The summed E-state index contributed by atoms with van der Waals surface area (Å²) in [6.07, 6.45) is 22.1. The van der Waals surface area contributed by atoms with Crippen molar-refractivity contribution in [2.24, 2.45) is 53.3 Å². The molecule has 0 unspecified atom stereocenters. The molecule has 0 aliphatic heterocycles. The fourth-order valence-corrected chi connectivity index (χ4v) is 18.2. The zero-order valence-corrected chi connectivity index (χ0v) is 37.9. The quantitative estimate of drug-likeness (QED) is 0.138. The van der Waals surface area contributed by atoms with Crippen molar-refractivity contribution in [3.05, 3.63) is 88.0 Å². The number of hydrogen-bond acceptors (Lipinski definition) is 9. The van der Waals surface area contributed by atoms with E-state index in [1.165, 1.54) is 93.7 Å². The van der Waals surface area contributed by atoms with Crippen molar-refractivity contribution in [1.29, 1.82) is 15.8 Å². The van der Waals surface area contributed by atoms with Crippen LogP contribution in [0.15, 0.2) is 54.6 Å². The van der Waals surface area contributed by atoms with E-state index >= 15 is 0 Å². The van der Waals surface area contributed by atoms with Gasteiger partial charge in [-0.2, -0.15) is 15.8 Å². The summed E-state index contributed by atoms with van der Waals surface area (Å²) in [6.45, 7) is 0. The maximum absolute atomic E-state index is 9.98. The van der Waals surface area contributed by atoms with E-state index < -0.39 is 0 Å². The molecule has 9 heteroatoms. The molecule has 0 radical (unpaired) electrons. The number of ether oxygens (including phenoxy) is 3. The molecule has 12 fully saturated rings. The molecule has 6 N–H and O–H groups in total. The van der Waals surface area contributed by atoms with Gasteiger partial charge in [0.2, 0.25) is 5.75 Å². The number of nitrogen functional groups attached to an aromatic ring is 3. The summed E-state index contributed by atoms with van der Waals surface area (Å²) in [5, 5.41) is 29.9. The second-order valence-corrected chi connectivity index (χ2v) is 23.6. The monoisotopic (exact) mass is 876 g/mol. The van der Waals surface area contributed by atoms with Gasteiger partial charge in [0.15, 0.2) is 28.7 Å². The smallest absolute Gasteiger partial charge is 0.213 e. The highest BCUT2D eigenvalue weighted by molar-refractivity contribution is 5.75. The van der Waals surface area contributed by atoms with Crippen LogP contribution in [0.25, 0.3) is 0 Å². The molecular weight excluding hydrogens is 817 g/mol. The van der Waals surface area contributed by atoms with Crippen molar-refractivity contribution in [2.45, 2.75) is 132 Å². The van der Waals surface area contributed by atoms with Crippen molar-refractivity contribution in [2.75, 3.05) is 17.2 Å². The summed E-state index contributed by atoms with van der Waals surface area (Å²) < 4.78 is 22.8. The third-order valence-electron chi connectivity index (χ3n) is 19.1. The molecule has 9 nitrogen and oxygen atoms in total. The molecule has 0 atom stereocenters. The van der Waals surface area contributed by atoms with Crippen LogP contribution in [-0.2, 0) is 16.2 Å². The predicted octanol–water partition coefficient (Wildman–Crippen LogP) is 12.8. The Bertz CT molecular complexity index is 2600. The highest BCUT2D eigenvalue weighted by atomic mass is 16.5. The van der Waals surface area contributed by atoms with Crippen LogP contribution in [0.5, 0.6) is 34.5 Å². The normalized spacial score (nSPS) is 35.9. The molecular formula is C57H60N6O3. The Kier molecular flexibility index (Phi) is 8.93. The molecule has 4 aromatic carbocycles. The molecule has 0 amide bonds. The van der Waals surface area contributed by atoms with Gasteiger partial charge in [-0.25, -0.2) is 0 Å². The van der Waals surface area contributed by atoms with Gasteiger partial charge in [-0.15, -0.1) is 0 Å². The summed E-state index contributed by atoms with van der Waals surface area (Å²) in [6, 6.07) is 22.7. The summed E-state index contributed by atoms with van der Waals surface area (Å²) in [4.78, 5) is 0. The van der Waals surface area contributed by atoms with Gasteiger partial charge >= 0.3 is 0 Å². The molecule has 16 rings (SSSR count). The Labute approximate surface area is 388 Å². The first-order valence-corrected chi connectivity index (χ1v) is 25.2. The van der Waals surface area contributed by atoms with E-state index in [-0.39, 0.29) is 16.2 Å². The first kappa shape index (κ1) is 40.4. The molecule has 12 saturated carbocycles. The van der Waals surface area contributed by atoms with E-state index in [0.29, 0.717) is 122 Å². The van der Waals surface area contributed by atoms with E-state index in [1.54, 1.807) is 42.5 Å². The van der Waals surface area contributed by atoms with Crippen LogP contribution in [-0.4, -0.2) is 0 Å². The van der Waals surface area contributed by atoms with Crippen molar-refractivity contribution >= 4 is 17.1 Å². The van der Waals surface area contributed by atoms with Crippen molar-refractivity contribution < 1.29 is 14.2 Å². The van der Waals surface area contributed by atoms with Gasteiger partial charge in [0.05, 0.1) is 52.0 Å². The molecule has 12 aliphatic carbocycles. The minimum Gasteiger partial charge on any atom is -0.451 e. The lowest BCUT2D eigenvalue weighted by Crippen LogP contribution is -2.55. The molecule has 12 bridgehead atoms. The topological polar surface area (TPSA) is 177 Å². The third-order valence-corrected chi connectivity index (χ3v) is 19.1. The molecule has 336 valence electrons. The van der Waals surface area contributed by atoms with E-state index in [0.717, 1.165) is 38.5 Å². The summed E-state index contributed by atoms with van der Waals surface area (Å²) in [7, 11) is 0. The number of anilines is 3. The summed E-state index contributed by atoms with van der Waals surface area (Å²) in [5.41, 5.74) is 27.1. The third kappa shape index (κ3) is 6.26. The molecule has 66 heavy (non-hydrogen) atoms. The van der Waals surface area contributed by atoms with Crippen molar-refractivity contribution in [3.63, 3.8) is 0 Å². The van der Waals surface area contributed by atoms with Crippen LogP contribution >= 0.6 is 0 Å². The predicted molar refractivity (Wildman–Crippen MR) is 253 cm³/mol. The Balaban J connectivity index is 1.19. The SMILES string of the molecule is N#Cc1ccc(Oc2c(Oc3ccc(C#N)cc3N)c(C34CC5CC(CC(C5)C3)C4)c(C34CC5CC(CC(C5)C3)C4)c(C34CC5CC(CC(C5)C3)C4)c2Oc2ccc(C#N)cc2N)c(N)c1. The number of nitrogens with zero attached hydrogens (tertiary/aromatic N) is 3. The molecule has 0 saturated heterocycles. The van der Waals surface area contributed by atoms with E-state index in [9.17, 15) is 15.8 Å². The van der Waals surface area contributed by atoms with Gasteiger partial charge in [-0.3, -0.25) is 0 Å². The molecule has 0 spiro atoms. The highest BCUT2D eigenvalue weighted by Crippen LogP contribution is 2.73. The van der Waals surface area contributed by atoms with Crippen LogP contribution in [0, 0.1) is 87.3 Å². The maximum atomic E-state index is 9.98. The fourth-order valence-electron chi connectivity index (χ4n) is 18.2. The number of nitrogens with two attached hydrogens (primary N) is 3. The molecule has 0 heterocycles. The van der Waals surface area contributed by atoms with Crippen LogP contribution in [0.1, 0.15) is 149 Å². The summed E-state index contributed by atoms with van der Waals surface area (Å²) >= 11 is 0. The largest absolute Gasteiger partial charge is 0.451 e. The van der Waals surface area contributed by atoms with Gasteiger partial charge in [0, 0.05) is 22.0 Å². The van der Waals surface area contributed by atoms with Crippen LogP contribution in [0.2, 0.25) is 0 Å². The minimum absolute atomic E-state index is 0.0687. The van der Waals surface area contributed by atoms with E-state index in [2.05, 4.69) is 18.2 Å². The lowest BCUT2D eigenvalue weighted by molar-refractivity contribution is -0.0255. The van der Waals surface area contributed by atoms with Gasteiger partial charge in [0.1, 0.15) is 0 Å². The Hall–Kier alpha value is -5.85. The van der Waals surface area contributed by atoms with Gasteiger partial charge in [0.25, 0.3) is 0 Å². The van der Waals surface area contributed by atoms with Gasteiger partial charge in [-0.05, 0) is 234 Å². The van der Waals surface area contributed by atoms with Crippen molar-refractivity contribution in [1.82, 2.24) is 0 Å². The molecule has 4 aromatic rings. The minimum atomic E-state index is -0.151. The van der Waals surface area contributed by atoms with E-state index in [4.69, 9.17) is 31.4 Å².